The van der Waals surface area contributed by atoms with E-state index in [0.717, 1.165) is 5.69 Å². The molecule has 0 spiro atoms. The summed E-state index contributed by atoms with van der Waals surface area (Å²) in [6, 6.07) is 57.1. The minimum Gasteiger partial charge on any atom is -0.310 e. The van der Waals surface area contributed by atoms with E-state index < -0.39 is 0 Å². The maximum Gasteiger partial charge on any atom is 0.0470 e. The van der Waals surface area contributed by atoms with Crippen molar-refractivity contribution in [3.05, 3.63) is 185 Å². The van der Waals surface area contributed by atoms with Gasteiger partial charge in [0.05, 0.1) is 0 Å². The van der Waals surface area contributed by atoms with Crippen LogP contribution in [-0.2, 0) is 16.2 Å². The molecule has 342 valence electrons. The second kappa shape index (κ2) is 17.8. The number of nitrogens with zero attached hydrogens (tertiary/aromatic N) is 1. The molecule has 0 N–H and O–H groups in total. The smallest absolute Gasteiger partial charge is 0.0470 e. The van der Waals surface area contributed by atoms with Gasteiger partial charge in [-0.1, -0.05) is 197 Å². The molecular weight excluding hydrogens is 807 g/mol. The molecular formula is C66H73N. The lowest BCUT2D eigenvalue weighted by Crippen LogP contribution is -2.17. The molecule has 2 fully saturated rings. The number of rotatable bonds is 8. The van der Waals surface area contributed by atoms with Gasteiger partial charge in [-0.05, 0) is 181 Å². The van der Waals surface area contributed by atoms with Gasteiger partial charge < -0.3 is 4.90 Å². The van der Waals surface area contributed by atoms with Gasteiger partial charge >= 0.3 is 0 Å². The summed E-state index contributed by atoms with van der Waals surface area (Å²) < 4.78 is 0. The van der Waals surface area contributed by atoms with Crippen molar-refractivity contribution in [1.82, 2.24) is 0 Å². The Morgan fingerprint density at radius 3 is 1.54 bits per heavy atom. The van der Waals surface area contributed by atoms with E-state index in [1.807, 2.05) is 0 Å². The molecule has 0 saturated heterocycles. The molecule has 0 aliphatic heterocycles. The van der Waals surface area contributed by atoms with Crippen LogP contribution in [0.4, 0.5) is 17.1 Å². The topological polar surface area (TPSA) is 3.24 Å². The maximum atomic E-state index is 2.62. The van der Waals surface area contributed by atoms with Gasteiger partial charge in [-0.15, -0.1) is 0 Å². The summed E-state index contributed by atoms with van der Waals surface area (Å²) in [5.41, 5.74) is 23.9. The molecule has 1 nitrogen and oxygen atoms in total. The molecule has 7 aromatic carbocycles. The number of hydrogen-bond donors (Lipinski definition) is 0. The van der Waals surface area contributed by atoms with Crippen molar-refractivity contribution in [2.75, 3.05) is 4.90 Å². The molecule has 2 saturated carbocycles. The van der Waals surface area contributed by atoms with Crippen LogP contribution in [0.5, 0.6) is 0 Å². The van der Waals surface area contributed by atoms with E-state index in [0.29, 0.717) is 11.8 Å². The van der Waals surface area contributed by atoms with E-state index in [-0.39, 0.29) is 16.2 Å². The summed E-state index contributed by atoms with van der Waals surface area (Å²) in [7, 11) is 0. The second-order valence-electron chi connectivity index (χ2n) is 23.3. The Bertz CT molecular complexity index is 2850. The van der Waals surface area contributed by atoms with Crippen LogP contribution >= 0.6 is 0 Å². The number of hydrogen-bond acceptors (Lipinski definition) is 1. The monoisotopic (exact) mass is 880 g/mol. The highest BCUT2D eigenvalue weighted by Gasteiger charge is 2.36. The van der Waals surface area contributed by atoms with Crippen LogP contribution in [0.1, 0.15) is 170 Å². The first kappa shape index (κ1) is 45.1. The highest BCUT2D eigenvalue weighted by atomic mass is 15.1. The SMILES string of the molecule is Cc1cc(-c2cccc(-c3cc(C4CCCCC4)cc(C4CCCCC4)c3)c2)cc(N(c2ccc(-c3cc(C(C)(C)C)cc(C(C)(C)C)c3)cc2)c2ccc3c(c2)C(C)(C)c2ccccc2-3)c1. The molecule has 0 bridgehead atoms. The Hall–Kier alpha value is -5.66. The Kier molecular flexibility index (Phi) is 12.0. The van der Waals surface area contributed by atoms with E-state index in [1.54, 1.807) is 11.1 Å². The van der Waals surface area contributed by atoms with Crippen molar-refractivity contribution in [3.8, 4) is 44.5 Å². The van der Waals surface area contributed by atoms with Crippen molar-refractivity contribution in [2.24, 2.45) is 0 Å². The molecule has 0 unspecified atom stereocenters. The summed E-state index contributed by atoms with van der Waals surface area (Å²) in [6.07, 6.45) is 13.5. The normalized spacial score (nSPS) is 16.4. The first-order chi connectivity index (χ1) is 32.1. The van der Waals surface area contributed by atoms with Crippen LogP contribution in [0.3, 0.4) is 0 Å². The predicted molar refractivity (Wildman–Crippen MR) is 289 cm³/mol. The fraction of sp³-hybridized carbons (Fsp3) is 0.364. The van der Waals surface area contributed by atoms with Crippen molar-refractivity contribution < 1.29 is 0 Å². The molecule has 0 amide bonds. The van der Waals surface area contributed by atoms with Gasteiger partial charge in [0, 0.05) is 22.5 Å². The van der Waals surface area contributed by atoms with Crippen LogP contribution in [0, 0.1) is 6.92 Å². The fourth-order valence-corrected chi connectivity index (χ4v) is 11.9. The number of anilines is 3. The second-order valence-corrected chi connectivity index (χ2v) is 23.3. The molecule has 1 heteroatoms. The average Bonchev–Trinajstić information content (AvgIpc) is 3.56. The van der Waals surface area contributed by atoms with Crippen molar-refractivity contribution in [1.29, 1.82) is 0 Å². The molecule has 7 aromatic rings. The Labute approximate surface area is 403 Å². The number of aryl methyl sites for hydroxylation is 1. The van der Waals surface area contributed by atoms with Crippen molar-refractivity contribution in [3.63, 3.8) is 0 Å². The van der Waals surface area contributed by atoms with Gasteiger partial charge in [0.2, 0.25) is 0 Å². The quantitative estimate of drug-likeness (QED) is 0.147. The highest BCUT2D eigenvalue weighted by molar-refractivity contribution is 5.87. The van der Waals surface area contributed by atoms with Crippen LogP contribution in [0.2, 0.25) is 0 Å². The van der Waals surface area contributed by atoms with Crippen LogP contribution in [0.25, 0.3) is 44.5 Å². The Morgan fingerprint density at radius 1 is 0.403 bits per heavy atom. The van der Waals surface area contributed by atoms with Gasteiger partial charge in [0.1, 0.15) is 0 Å². The zero-order chi connectivity index (χ0) is 46.7. The average molecular weight is 880 g/mol. The summed E-state index contributed by atoms with van der Waals surface area (Å²) in [5, 5.41) is 0. The van der Waals surface area contributed by atoms with Crippen LogP contribution in [0.15, 0.2) is 146 Å². The summed E-state index contributed by atoms with van der Waals surface area (Å²) in [6.45, 7) is 21.0. The Morgan fingerprint density at radius 2 is 0.940 bits per heavy atom. The summed E-state index contributed by atoms with van der Waals surface area (Å²) >= 11 is 0. The third-order valence-corrected chi connectivity index (χ3v) is 15.9. The zero-order valence-corrected chi connectivity index (χ0v) is 42.0. The lowest BCUT2D eigenvalue weighted by molar-refractivity contribution is 0.435. The van der Waals surface area contributed by atoms with Crippen molar-refractivity contribution in [2.45, 2.75) is 155 Å². The molecule has 0 radical (unpaired) electrons. The van der Waals surface area contributed by atoms with Gasteiger partial charge in [-0.2, -0.15) is 0 Å². The molecule has 67 heavy (non-hydrogen) atoms. The Balaban J connectivity index is 1.07. The number of fused-ring (bicyclic) bond motifs is 3. The van der Waals surface area contributed by atoms with E-state index in [4.69, 9.17) is 0 Å². The van der Waals surface area contributed by atoms with Gasteiger partial charge in [0.25, 0.3) is 0 Å². The third-order valence-electron chi connectivity index (χ3n) is 15.9. The van der Waals surface area contributed by atoms with Gasteiger partial charge in [-0.3, -0.25) is 0 Å². The molecule has 0 heterocycles. The minimum absolute atomic E-state index is 0.0486. The molecule has 10 rings (SSSR count). The maximum absolute atomic E-state index is 2.62. The summed E-state index contributed by atoms with van der Waals surface area (Å²) in [5.74, 6) is 1.37. The van der Waals surface area contributed by atoms with Crippen LogP contribution in [-0.4, -0.2) is 0 Å². The first-order valence-electron chi connectivity index (χ1n) is 25.8. The standard InChI is InChI=1S/C66H73N/c1-44-33-50(48-23-18-24-49(35-48)53-37-51(45-19-12-10-13-20-45)36-52(38-53)46-21-14-11-15-22-46)41-59(34-44)67(58-31-32-61-60-25-16-17-26-62(60)66(8,9)63(61)43-58)57-29-27-47(28-30-57)54-39-55(64(2,3)4)42-56(40-54)65(5,6)7/h16-18,23-43,45-46H,10-15,19-22H2,1-9H3. The van der Waals surface area contributed by atoms with Gasteiger partial charge in [-0.25, -0.2) is 0 Å². The van der Waals surface area contributed by atoms with Crippen molar-refractivity contribution >= 4 is 17.1 Å². The lowest BCUT2D eigenvalue weighted by Gasteiger charge is -2.29. The molecule has 3 aliphatic rings. The predicted octanol–water partition coefficient (Wildman–Crippen LogP) is 19.5. The van der Waals surface area contributed by atoms with Gasteiger partial charge in [0.15, 0.2) is 0 Å². The fourth-order valence-electron chi connectivity index (χ4n) is 11.9. The largest absolute Gasteiger partial charge is 0.310 e. The third kappa shape index (κ3) is 9.09. The molecule has 3 aliphatic carbocycles. The summed E-state index contributed by atoms with van der Waals surface area (Å²) in [4.78, 5) is 2.50. The lowest BCUT2D eigenvalue weighted by atomic mass is 9.78. The first-order valence-corrected chi connectivity index (χ1v) is 25.8. The van der Waals surface area contributed by atoms with E-state index in [2.05, 4.69) is 213 Å². The number of benzene rings is 7. The minimum atomic E-state index is -0.107. The van der Waals surface area contributed by atoms with Crippen LogP contribution < -0.4 is 4.90 Å². The molecule has 0 aromatic heterocycles. The van der Waals surface area contributed by atoms with E-state index in [9.17, 15) is 0 Å². The molecule has 0 atom stereocenters. The highest BCUT2D eigenvalue weighted by Crippen LogP contribution is 2.51. The zero-order valence-electron chi connectivity index (χ0n) is 42.0. The van der Waals surface area contributed by atoms with E-state index in [1.165, 1.54) is 148 Å². The van der Waals surface area contributed by atoms with E-state index >= 15 is 0 Å².